The Labute approximate surface area is 150 Å². The lowest BCUT2D eigenvalue weighted by Crippen LogP contribution is -2.29. The molecule has 1 aliphatic rings. The van der Waals surface area contributed by atoms with Crippen LogP contribution in [0.25, 0.3) is 0 Å². The number of hydrogen-bond donors (Lipinski definition) is 1. The van der Waals surface area contributed by atoms with Gasteiger partial charge in [0.2, 0.25) is 0 Å². The predicted octanol–water partition coefficient (Wildman–Crippen LogP) is 4.87. The number of carbonyl (C=O) groups excluding carboxylic acids is 1. The molecule has 0 bridgehead atoms. The summed E-state index contributed by atoms with van der Waals surface area (Å²) in [6.45, 7) is 5.86. The second-order valence-electron chi connectivity index (χ2n) is 6.86. The number of anilines is 2. The second-order valence-corrected chi connectivity index (χ2v) is 6.86. The summed E-state index contributed by atoms with van der Waals surface area (Å²) in [4.78, 5) is 13.3. The van der Waals surface area contributed by atoms with Crippen LogP contribution in [0.5, 0.6) is 0 Å². The van der Waals surface area contributed by atoms with Gasteiger partial charge in [0.1, 0.15) is 0 Å². The average Bonchev–Trinajstić information content (AvgIpc) is 2.96. The number of fused-ring (bicyclic) bond motifs is 1. The molecule has 138 valence electrons. The van der Waals surface area contributed by atoms with Crippen molar-refractivity contribution in [3.8, 4) is 0 Å². The highest BCUT2D eigenvalue weighted by molar-refractivity contribution is 5.95. The second kappa shape index (κ2) is 7.02. The van der Waals surface area contributed by atoms with Gasteiger partial charge in [0, 0.05) is 24.5 Å². The quantitative estimate of drug-likeness (QED) is 0.841. The van der Waals surface area contributed by atoms with Crippen LogP contribution in [0.2, 0.25) is 0 Å². The van der Waals surface area contributed by atoms with Crippen LogP contribution in [0.4, 0.5) is 24.5 Å². The fourth-order valence-electron chi connectivity index (χ4n) is 3.14. The first-order chi connectivity index (χ1) is 12.2. The zero-order valence-electron chi connectivity index (χ0n) is 14.7. The van der Waals surface area contributed by atoms with Crippen LogP contribution in [0.1, 0.15) is 36.5 Å². The average molecular weight is 362 g/mol. The van der Waals surface area contributed by atoms with Crippen molar-refractivity contribution in [2.45, 2.75) is 38.9 Å². The van der Waals surface area contributed by atoms with Crippen molar-refractivity contribution in [1.29, 1.82) is 0 Å². The highest BCUT2D eigenvalue weighted by Gasteiger charge is 2.38. The molecule has 0 atom stereocenters. The molecule has 0 aromatic heterocycles. The smallest absolute Gasteiger partial charge is 0.367 e. The molecule has 2 aromatic rings. The monoisotopic (exact) mass is 362 g/mol. The van der Waals surface area contributed by atoms with Crippen molar-refractivity contribution >= 4 is 17.3 Å². The molecule has 0 spiro atoms. The minimum Gasteiger partial charge on any atom is -0.367 e. The molecule has 3 rings (SSSR count). The maximum atomic E-state index is 12.4. The summed E-state index contributed by atoms with van der Waals surface area (Å²) in [5.74, 6) is -1.46. The largest absolute Gasteiger partial charge is 0.471 e. The van der Waals surface area contributed by atoms with Crippen molar-refractivity contribution in [2.24, 2.45) is 0 Å². The van der Waals surface area contributed by atoms with Gasteiger partial charge in [-0.05, 0) is 47.2 Å². The van der Waals surface area contributed by atoms with E-state index in [0.717, 1.165) is 30.8 Å². The summed E-state index contributed by atoms with van der Waals surface area (Å²) in [5.41, 5.74) is 4.61. The van der Waals surface area contributed by atoms with Crippen LogP contribution in [0.15, 0.2) is 42.5 Å². The Bertz CT molecular complexity index is 798. The standard InChI is InChI=1S/C20H21F3N2O/c1-13(2)15-5-3-14(4-6-15)12-25-10-9-16-11-17(7-8-18(16)25)24-19(26)20(21,22)23/h3-8,11,13H,9-10,12H2,1-2H3,(H,24,26). The normalized spacial score (nSPS) is 13.8. The summed E-state index contributed by atoms with van der Waals surface area (Å²) in [5, 5.41) is 1.91. The Hall–Kier alpha value is -2.50. The fraction of sp³-hybridized carbons (Fsp3) is 0.350. The number of carbonyl (C=O) groups is 1. The maximum Gasteiger partial charge on any atom is 0.471 e. The van der Waals surface area contributed by atoms with Crippen LogP contribution >= 0.6 is 0 Å². The van der Waals surface area contributed by atoms with Crippen LogP contribution in [-0.4, -0.2) is 18.6 Å². The van der Waals surface area contributed by atoms with E-state index in [0.29, 0.717) is 5.92 Å². The molecule has 6 heteroatoms. The minimum absolute atomic E-state index is 0.175. The molecular weight excluding hydrogens is 341 g/mol. The summed E-state index contributed by atoms with van der Waals surface area (Å²) >= 11 is 0. The van der Waals surface area contributed by atoms with Crippen LogP contribution < -0.4 is 10.2 Å². The molecule has 3 nitrogen and oxygen atoms in total. The third-order valence-electron chi connectivity index (χ3n) is 4.61. The van der Waals surface area contributed by atoms with Crippen molar-refractivity contribution in [3.05, 3.63) is 59.2 Å². The van der Waals surface area contributed by atoms with Gasteiger partial charge in [0.15, 0.2) is 0 Å². The van der Waals surface area contributed by atoms with E-state index in [9.17, 15) is 18.0 Å². The molecule has 0 saturated heterocycles. The van der Waals surface area contributed by atoms with E-state index in [2.05, 4.69) is 43.0 Å². The van der Waals surface area contributed by atoms with E-state index in [4.69, 9.17) is 0 Å². The number of benzene rings is 2. The third-order valence-corrected chi connectivity index (χ3v) is 4.61. The molecule has 1 aliphatic heterocycles. The van der Waals surface area contributed by atoms with Crippen LogP contribution in [0.3, 0.4) is 0 Å². The van der Waals surface area contributed by atoms with Gasteiger partial charge in [0.25, 0.3) is 0 Å². The number of rotatable bonds is 4. The zero-order valence-corrected chi connectivity index (χ0v) is 14.7. The maximum absolute atomic E-state index is 12.4. The summed E-state index contributed by atoms with van der Waals surface area (Å²) in [6, 6.07) is 13.4. The summed E-state index contributed by atoms with van der Waals surface area (Å²) in [6.07, 6.45) is -4.14. The molecule has 0 unspecified atom stereocenters. The zero-order chi connectivity index (χ0) is 18.9. The molecule has 0 radical (unpaired) electrons. The lowest BCUT2D eigenvalue weighted by atomic mass is 10.0. The van der Waals surface area contributed by atoms with Gasteiger partial charge in [-0.15, -0.1) is 0 Å². The minimum atomic E-state index is -4.88. The van der Waals surface area contributed by atoms with Crippen molar-refractivity contribution in [3.63, 3.8) is 0 Å². The summed E-state index contributed by atoms with van der Waals surface area (Å²) in [7, 11) is 0. The van der Waals surface area contributed by atoms with Crippen molar-refractivity contribution in [1.82, 2.24) is 0 Å². The van der Waals surface area contributed by atoms with Gasteiger partial charge in [-0.2, -0.15) is 13.2 Å². The molecule has 0 aliphatic carbocycles. The SMILES string of the molecule is CC(C)c1ccc(CN2CCc3cc(NC(=O)C(F)(F)F)ccc32)cc1. The molecule has 1 heterocycles. The Kier molecular flexibility index (Phi) is 4.94. The van der Waals surface area contributed by atoms with E-state index in [1.165, 1.54) is 17.2 Å². The molecule has 1 amide bonds. The highest BCUT2D eigenvalue weighted by Crippen LogP contribution is 2.32. The molecule has 2 aromatic carbocycles. The van der Waals surface area contributed by atoms with Crippen LogP contribution in [0, 0.1) is 0 Å². The van der Waals surface area contributed by atoms with Gasteiger partial charge in [-0.3, -0.25) is 4.79 Å². The van der Waals surface area contributed by atoms with Crippen LogP contribution in [-0.2, 0) is 17.8 Å². The van der Waals surface area contributed by atoms with Gasteiger partial charge >= 0.3 is 12.1 Å². The Morgan fingerprint density at radius 2 is 1.85 bits per heavy atom. The number of halogens is 3. The molecule has 0 saturated carbocycles. The highest BCUT2D eigenvalue weighted by atomic mass is 19.4. The van der Waals surface area contributed by atoms with Crippen molar-refractivity contribution in [2.75, 3.05) is 16.8 Å². The number of amides is 1. The lowest BCUT2D eigenvalue weighted by molar-refractivity contribution is -0.167. The molecule has 1 N–H and O–H groups in total. The number of alkyl halides is 3. The Balaban J connectivity index is 1.70. The molecule has 0 fully saturated rings. The Morgan fingerprint density at radius 1 is 1.15 bits per heavy atom. The van der Waals surface area contributed by atoms with Gasteiger partial charge in [0.05, 0.1) is 0 Å². The number of nitrogens with zero attached hydrogens (tertiary/aromatic N) is 1. The number of hydrogen-bond acceptors (Lipinski definition) is 2. The fourth-order valence-corrected chi connectivity index (χ4v) is 3.14. The molecule has 26 heavy (non-hydrogen) atoms. The number of nitrogens with one attached hydrogen (secondary N) is 1. The van der Waals surface area contributed by atoms with E-state index < -0.39 is 12.1 Å². The topological polar surface area (TPSA) is 32.3 Å². The molecular formula is C20H21F3N2O. The van der Waals surface area contributed by atoms with E-state index in [1.807, 2.05) is 5.32 Å². The van der Waals surface area contributed by atoms with Gasteiger partial charge < -0.3 is 10.2 Å². The van der Waals surface area contributed by atoms with Gasteiger partial charge in [-0.1, -0.05) is 38.1 Å². The third kappa shape index (κ3) is 4.00. The first-order valence-corrected chi connectivity index (χ1v) is 8.59. The first-order valence-electron chi connectivity index (χ1n) is 8.59. The Morgan fingerprint density at radius 3 is 2.46 bits per heavy atom. The van der Waals surface area contributed by atoms with Crippen molar-refractivity contribution < 1.29 is 18.0 Å². The van der Waals surface area contributed by atoms with E-state index >= 15 is 0 Å². The summed E-state index contributed by atoms with van der Waals surface area (Å²) < 4.78 is 37.1. The lowest BCUT2D eigenvalue weighted by Gasteiger charge is -2.20. The first kappa shape index (κ1) is 18.3. The van der Waals surface area contributed by atoms with Gasteiger partial charge in [-0.25, -0.2) is 0 Å². The predicted molar refractivity (Wildman–Crippen MR) is 96.4 cm³/mol. The van der Waals surface area contributed by atoms with E-state index in [1.54, 1.807) is 12.1 Å². The van der Waals surface area contributed by atoms with E-state index in [-0.39, 0.29) is 5.69 Å².